The van der Waals surface area contributed by atoms with Gasteiger partial charge in [-0.15, -0.1) is 0 Å². The largest absolute Gasteiger partial charge is 0.463 e. The third-order valence-electron chi connectivity index (χ3n) is 3.64. The number of furan rings is 1. The lowest BCUT2D eigenvalue weighted by Crippen LogP contribution is -2.38. The van der Waals surface area contributed by atoms with Crippen molar-refractivity contribution >= 4 is 0 Å². The SMILES string of the molecule is COCC(NCC(C)(O)c1ccc(C)o1)c1ccc(F)c(F)c1. The van der Waals surface area contributed by atoms with Crippen LogP contribution in [-0.4, -0.2) is 25.4 Å². The minimum atomic E-state index is -1.24. The van der Waals surface area contributed by atoms with Gasteiger partial charge in [0.25, 0.3) is 0 Å². The standard InChI is InChI=1S/C17H21F2NO3/c1-11-4-7-16(23-11)17(2,21)10-20-15(9-22-3)12-5-6-13(18)14(19)8-12/h4-8,15,20-21H,9-10H2,1-3H3. The van der Waals surface area contributed by atoms with Crippen LogP contribution in [0.5, 0.6) is 0 Å². The van der Waals surface area contributed by atoms with E-state index < -0.39 is 23.3 Å². The molecule has 1 aromatic carbocycles. The summed E-state index contributed by atoms with van der Waals surface area (Å²) in [5.74, 6) is -0.680. The Labute approximate surface area is 134 Å². The van der Waals surface area contributed by atoms with Crippen molar-refractivity contribution in [2.45, 2.75) is 25.5 Å². The van der Waals surface area contributed by atoms with Crippen LogP contribution in [0.4, 0.5) is 8.78 Å². The highest BCUT2D eigenvalue weighted by atomic mass is 19.2. The van der Waals surface area contributed by atoms with Crippen molar-refractivity contribution < 1.29 is 23.0 Å². The van der Waals surface area contributed by atoms with Crippen molar-refractivity contribution in [3.8, 4) is 0 Å². The van der Waals surface area contributed by atoms with E-state index in [0.717, 1.165) is 12.1 Å². The van der Waals surface area contributed by atoms with Gasteiger partial charge >= 0.3 is 0 Å². The average molecular weight is 325 g/mol. The van der Waals surface area contributed by atoms with Gasteiger partial charge in [0, 0.05) is 13.7 Å². The Morgan fingerprint density at radius 1 is 1.26 bits per heavy atom. The molecular weight excluding hydrogens is 304 g/mol. The number of hydrogen-bond acceptors (Lipinski definition) is 4. The molecule has 1 aromatic heterocycles. The van der Waals surface area contributed by atoms with Crippen LogP contribution in [0.3, 0.4) is 0 Å². The van der Waals surface area contributed by atoms with Gasteiger partial charge in [0.05, 0.1) is 12.6 Å². The second-order valence-electron chi connectivity index (χ2n) is 5.75. The summed E-state index contributed by atoms with van der Waals surface area (Å²) in [7, 11) is 1.52. The van der Waals surface area contributed by atoms with E-state index in [1.165, 1.54) is 13.2 Å². The fraction of sp³-hybridized carbons (Fsp3) is 0.412. The van der Waals surface area contributed by atoms with Gasteiger partial charge in [-0.05, 0) is 43.7 Å². The summed E-state index contributed by atoms with van der Waals surface area (Å²) in [6.45, 7) is 3.82. The lowest BCUT2D eigenvalue weighted by molar-refractivity contribution is 0.0271. The van der Waals surface area contributed by atoms with E-state index in [-0.39, 0.29) is 13.2 Å². The summed E-state index contributed by atoms with van der Waals surface area (Å²) in [4.78, 5) is 0. The molecule has 0 saturated carbocycles. The highest BCUT2D eigenvalue weighted by Gasteiger charge is 2.28. The van der Waals surface area contributed by atoms with Crippen molar-refractivity contribution in [1.82, 2.24) is 5.32 Å². The van der Waals surface area contributed by atoms with Gasteiger partial charge in [0.2, 0.25) is 0 Å². The van der Waals surface area contributed by atoms with E-state index in [9.17, 15) is 13.9 Å². The predicted molar refractivity (Wildman–Crippen MR) is 82.0 cm³/mol. The normalized spacial score (nSPS) is 15.4. The molecule has 2 unspecified atom stereocenters. The minimum absolute atomic E-state index is 0.160. The molecule has 23 heavy (non-hydrogen) atoms. The molecule has 0 spiro atoms. The molecule has 0 aliphatic rings. The molecule has 0 saturated heterocycles. The van der Waals surface area contributed by atoms with Crippen molar-refractivity contribution in [3.05, 3.63) is 59.1 Å². The molecule has 2 aromatic rings. The number of methoxy groups -OCH3 is 1. The first-order valence-corrected chi connectivity index (χ1v) is 7.30. The number of hydrogen-bond donors (Lipinski definition) is 2. The molecule has 2 atom stereocenters. The van der Waals surface area contributed by atoms with Gasteiger partial charge in [0.1, 0.15) is 17.1 Å². The highest BCUT2D eigenvalue weighted by molar-refractivity contribution is 5.22. The first-order valence-electron chi connectivity index (χ1n) is 7.30. The molecule has 0 aliphatic heterocycles. The van der Waals surface area contributed by atoms with E-state index in [1.54, 1.807) is 26.0 Å². The van der Waals surface area contributed by atoms with Crippen LogP contribution in [0, 0.1) is 18.6 Å². The fourth-order valence-electron chi connectivity index (χ4n) is 2.30. The second kappa shape index (κ2) is 7.21. The third kappa shape index (κ3) is 4.37. The molecule has 2 rings (SSSR count). The van der Waals surface area contributed by atoms with Gasteiger partial charge in [-0.2, -0.15) is 0 Å². The van der Waals surface area contributed by atoms with E-state index >= 15 is 0 Å². The quantitative estimate of drug-likeness (QED) is 0.821. The first-order chi connectivity index (χ1) is 10.8. The fourth-order valence-corrected chi connectivity index (χ4v) is 2.30. The maximum Gasteiger partial charge on any atom is 0.159 e. The monoisotopic (exact) mass is 325 g/mol. The van der Waals surface area contributed by atoms with E-state index in [4.69, 9.17) is 9.15 Å². The second-order valence-corrected chi connectivity index (χ2v) is 5.75. The van der Waals surface area contributed by atoms with Gasteiger partial charge in [-0.3, -0.25) is 0 Å². The van der Waals surface area contributed by atoms with Crippen molar-refractivity contribution in [3.63, 3.8) is 0 Å². The molecule has 0 bridgehead atoms. The predicted octanol–water partition coefficient (Wildman–Crippen LogP) is 3.05. The number of aliphatic hydroxyl groups is 1. The number of aryl methyl sites for hydroxylation is 1. The molecule has 6 heteroatoms. The molecule has 0 amide bonds. The zero-order valence-electron chi connectivity index (χ0n) is 13.4. The topological polar surface area (TPSA) is 54.6 Å². The van der Waals surface area contributed by atoms with Gasteiger partial charge in [-0.1, -0.05) is 6.07 Å². The van der Waals surface area contributed by atoms with Gasteiger partial charge in [0.15, 0.2) is 11.6 Å². The van der Waals surface area contributed by atoms with Gasteiger partial charge in [-0.25, -0.2) is 8.78 Å². The molecule has 1 heterocycles. The molecule has 0 fully saturated rings. The zero-order chi connectivity index (χ0) is 17.0. The lowest BCUT2D eigenvalue weighted by Gasteiger charge is -2.26. The summed E-state index contributed by atoms with van der Waals surface area (Å²) in [6, 6.07) is 6.77. The van der Waals surface area contributed by atoms with Crippen LogP contribution in [-0.2, 0) is 10.3 Å². The number of benzene rings is 1. The number of halogens is 2. The van der Waals surface area contributed by atoms with E-state index in [0.29, 0.717) is 17.1 Å². The molecule has 126 valence electrons. The van der Waals surface area contributed by atoms with E-state index in [2.05, 4.69) is 5.32 Å². The summed E-state index contributed by atoms with van der Waals surface area (Å²) in [5.41, 5.74) is -0.698. The third-order valence-corrected chi connectivity index (χ3v) is 3.64. The van der Waals surface area contributed by atoms with Crippen LogP contribution in [0.2, 0.25) is 0 Å². The molecule has 0 aliphatic carbocycles. The number of ether oxygens (including phenoxy) is 1. The van der Waals surface area contributed by atoms with Crippen LogP contribution in [0.15, 0.2) is 34.7 Å². The maximum absolute atomic E-state index is 13.4. The Bertz CT molecular complexity index is 655. The summed E-state index contributed by atoms with van der Waals surface area (Å²) >= 11 is 0. The molecule has 4 nitrogen and oxygen atoms in total. The Morgan fingerprint density at radius 3 is 2.57 bits per heavy atom. The number of rotatable bonds is 7. The van der Waals surface area contributed by atoms with Crippen LogP contribution >= 0.6 is 0 Å². The van der Waals surface area contributed by atoms with Crippen molar-refractivity contribution in [1.29, 1.82) is 0 Å². The Hall–Kier alpha value is -1.76. The smallest absolute Gasteiger partial charge is 0.159 e. The van der Waals surface area contributed by atoms with Crippen LogP contribution in [0.25, 0.3) is 0 Å². The minimum Gasteiger partial charge on any atom is -0.463 e. The summed E-state index contributed by atoms with van der Waals surface area (Å²) < 4.78 is 37.1. The maximum atomic E-state index is 13.4. The summed E-state index contributed by atoms with van der Waals surface area (Å²) in [5, 5.41) is 13.6. The average Bonchev–Trinajstić information content (AvgIpc) is 2.94. The van der Waals surface area contributed by atoms with Crippen molar-refractivity contribution in [2.24, 2.45) is 0 Å². The van der Waals surface area contributed by atoms with Crippen LogP contribution in [0.1, 0.15) is 30.0 Å². The number of nitrogens with one attached hydrogen (secondary N) is 1. The lowest BCUT2D eigenvalue weighted by atomic mass is 10.0. The summed E-state index contributed by atoms with van der Waals surface area (Å²) in [6.07, 6.45) is 0. The highest BCUT2D eigenvalue weighted by Crippen LogP contribution is 2.24. The Balaban J connectivity index is 2.11. The Kier molecular flexibility index (Phi) is 5.51. The Morgan fingerprint density at radius 2 is 2.00 bits per heavy atom. The molecule has 2 N–H and O–H groups in total. The molecular formula is C17H21F2NO3. The van der Waals surface area contributed by atoms with Crippen molar-refractivity contribution in [2.75, 3.05) is 20.3 Å². The van der Waals surface area contributed by atoms with E-state index in [1.807, 2.05) is 0 Å². The van der Waals surface area contributed by atoms with Gasteiger partial charge < -0.3 is 19.6 Å². The first kappa shape index (κ1) is 17.6. The molecule has 0 radical (unpaired) electrons. The van der Waals surface area contributed by atoms with Crippen LogP contribution < -0.4 is 5.32 Å². The zero-order valence-corrected chi connectivity index (χ0v) is 13.4.